The summed E-state index contributed by atoms with van der Waals surface area (Å²) < 4.78 is 19.7. The van der Waals surface area contributed by atoms with Crippen LogP contribution < -0.4 is 15.4 Å². The largest absolute Gasteiger partial charge is 0.502 e. The van der Waals surface area contributed by atoms with Gasteiger partial charge in [0.25, 0.3) is 0 Å². The number of aryl methyl sites for hydroxylation is 1. The molecule has 0 saturated carbocycles. The summed E-state index contributed by atoms with van der Waals surface area (Å²) in [7, 11) is 1.76. The van der Waals surface area contributed by atoms with Crippen LogP contribution in [0.5, 0.6) is 11.5 Å². The number of phenolic OH excluding ortho intramolecular Hbond substituents is 1. The van der Waals surface area contributed by atoms with E-state index in [1.807, 2.05) is 6.92 Å². The predicted octanol–water partition coefficient (Wildman–Crippen LogP) is 3.28. The molecule has 1 aliphatic heterocycles. The lowest BCUT2D eigenvalue weighted by Gasteiger charge is -2.15. The molecule has 2 heterocycles. The highest BCUT2D eigenvalue weighted by Gasteiger charge is 2.14. The van der Waals surface area contributed by atoms with Gasteiger partial charge in [0, 0.05) is 43.2 Å². The quantitative estimate of drug-likeness (QED) is 0.482. The molecule has 3 N–H and O–H groups in total. The molecule has 146 valence electrons. The molecule has 1 aromatic carbocycles. The van der Waals surface area contributed by atoms with Crippen LogP contribution in [-0.4, -0.2) is 53.3 Å². The first kappa shape index (κ1) is 19.2. The number of likely N-dealkylation sites (tertiary alicyclic amines) is 1. The third-order valence-electron chi connectivity index (χ3n) is 4.47. The van der Waals surface area contributed by atoms with E-state index >= 15 is 0 Å². The Morgan fingerprint density at radius 3 is 2.74 bits per heavy atom. The molecular weight excluding hydrogens is 349 g/mol. The Labute approximate surface area is 158 Å². The number of nitrogens with zero attached hydrogens (tertiary/aromatic N) is 3. The second-order valence-electron chi connectivity index (χ2n) is 6.65. The number of aromatic hydroxyl groups is 1. The number of anilines is 3. The normalized spacial score (nSPS) is 14.3. The maximum absolute atomic E-state index is 14.1. The molecule has 1 saturated heterocycles. The van der Waals surface area contributed by atoms with E-state index in [0.29, 0.717) is 24.1 Å². The van der Waals surface area contributed by atoms with Gasteiger partial charge >= 0.3 is 0 Å². The Kier molecular flexibility index (Phi) is 6.28. The zero-order valence-corrected chi connectivity index (χ0v) is 15.8. The molecule has 0 spiro atoms. The smallest absolute Gasteiger partial charge is 0.229 e. The fraction of sp³-hybridized carbons (Fsp3) is 0.474. The van der Waals surface area contributed by atoms with Gasteiger partial charge in [0.15, 0.2) is 17.3 Å². The Morgan fingerprint density at radius 2 is 2.00 bits per heavy atom. The molecule has 1 fully saturated rings. The van der Waals surface area contributed by atoms with Crippen LogP contribution in [0, 0.1) is 12.7 Å². The summed E-state index contributed by atoms with van der Waals surface area (Å²) >= 11 is 0. The summed E-state index contributed by atoms with van der Waals surface area (Å²) in [6.45, 7) is 5.47. The standard InChI is InChI=1S/C19H26FN5O2/c1-13-10-17(21-2)24-19(22-13)23-14-11-15(20)18(26)16(12-14)27-9-5-8-25-6-3-4-7-25/h10-12,26H,3-9H2,1-2H3,(H2,21,22,23,24). The number of aromatic nitrogens is 2. The van der Waals surface area contributed by atoms with Gasteiger partial charge in [0.05, 0.1) is 6.61 Å². The summed E-state index contributed by atoms with van der Waals surface area (Å²) in [5, 5.41) is 15.9. The first-order valence-corrected chi connectivity index (χ1v) is 9.23. The number of ether oxygens (including phenoxy) is 1. The van der Waals surface area contributed by atoms with Crippen molar-refractivity contribution in [1.29, 1.82) is 0 Å². The van der Waals surface area contributed by atoms with E-state index < -0.39 is 11.6 Å². The van der Waals surface area contributed by atoms with Crippen molar-refractivity contribution in [2.75, 3.05) is 43.9 Å². The van der Waals surface area contributed by atoms with Gasteiger partial charge in [-0.15, -0.1) is 0 Å². The third-order valence-corrected chi connectivity index (χ3v) is 4.47. The molecule has 0 atom stereocenters. The van der Waals surface area contributed by atoms with Gasteiger partial charge in [0.1, 0.15) is 5.82 Å². The average Bonchev–Trinajstić information content (AvgIpc) is 3.15. The van der Waals surface area contributed by atoms with Gasteiger partial charge in [-0.2, -0.15) is 4.98 Å². The topological polar surface area (TPSA) is 82.5 Å². The Balaban J connectivity index is 1.65. The molecule has 1 aromatic heterocycles. The Morgan fingerprint density at radius 1 is 1.22 bits per heavy atom. The molecule has 3 rings (SSSR count). The van der Waals surface area contributed by atoms with E-state index in [1.54, 1.807) is 19.2 Å². The lowest BCUT2D eigenvalue weighted by atomic mass is 10.2. The summed E-state index contributed by atoms with van der Waals surface area (Å²) in [4.78, 5) is 11.0. The summed E-state index contributed by atoms with van der Waals surface area (Å²) in [5.74, 6) is -0.133. The third kappa shape index (κ3) is 5.19. The SMILES string of the molecule is CNc1cc(C)nc(Nc2cc(F)c(O)c(OCCCN3CCCC3)c2)n1. The highest BCUT2D eigenvalue weighted by molar-refractivity contribution is 5.61. The summed E-state index contributed by atoms with van der Waals surface area (Å²) in [5.41, 5.74) is 1.18. The van der Waals surface area contributed by atoms with E-state index in [9.17, 15) is 9.50 Å². The van der Waals surface area contributed by atoms with E-state index in [4.69, 9.17) is 4.74 Å². The summed E-state index contributed by atoms with van der Waals surface area (Å²) in [6.07, 6.45) is 3.32. The zero-order valence-electron chi connectivity index (χ0n) is 15.8. The van der Waals surface area contributed by atoms with Gasteiger partial charge < -0.3 is 25.4 Å². The zero-order chi connectivity index (χ0) is 19.2. The van der Waals surface area contributed by atoms with Gasteiger partial charge in [-0.3, -0.25) is 0 Å². The molecule has 0 amide bonds. The van der Waals surface area contributed by atoms with Crippen molar-refractivity contribution in [3.63, 3.8) is 0 Å². The molecule has 8 heteroatoms. The first-order chi connectivity index (χ1) is 13.0. The van der Waals surface area contributed by atoms with Crippen molar-refractivity contribution in [2.24, 2.45) is 0 Å². The molecule has 0 aliphatic carbocycles. The molecule has 7 nitrogen and oxygen atoms in total. The lowest BCUT2D eigenvalue weighted by molar-refractivity contribution is 0.253. The van der Waals surface area contributed by atoms with Crippen LogP contribution in [0.2, 0.25) is 0 Å². The number of nitrogens with one attached hydrogen (secondary N) is 2. The number of hydrogen-bond donors (Lipinski definition) is 3. The Hall–Kier alpha value is -2.61. The Bertz CT molecular complexity index is 781. The van der Waals surface area contributed by atoms with Crippen LogP contribution >= 0.6 is 0 Å². The van der Waals surface area contributed by atoms with Crippen LogP contribution in [0.1, 0.15) is 25.0 Å². The van der Waals surface area contributed by atoms with Crippen LogP contribution in [0.3, 0.4) is 0 Å². The van der Waals surface area contributed by atoms with Crippen LogP contribution in [0.15, 0.2) is 18.2 Å². The predicted molar refractivity (Wildman–Crippen MR) is 103 cm³/mol. The molecule has 0 unspecified atom stereocenters. The summed E-state index contributed by atoms with van der Waals surface area (Å²) in [6, 6.07) is 4.55. The second-order valence-corrected chi connectivity index (χ2v) is 6.65. The fourth-order valence-electron chi connectivity index (χ4n) is 3.11. The molecule has 1 aliphatic rings. The van der Waals surface area contributed by atoms with Crippen molar-refractivity contribution in [3.8, 4) is 11.5 Å². The van der Waals surface area contributed by atoms with Gasteiger partial charge in [-0.1, -0.05) is 0 Å². The van der Waals surface area contributed by atoms with Gasteiger partial charge in [-0.05, 0) is 39.3 Å². The van der Waals surface area contributed by atoms with E-state index in [0.717, 1.165) is 31.7 Å². The molecule has 2 aromatic rings. The van der Waals surface area contributed by atoms with Gasteiger partial charge in [0.2, 0.25) is 5.95 Å². The number of rotatable bonds is 8. The number of halogens is 1. The molecular formula is C19H26FN5O2. The van der Waals surface area contributed by atoms with Crippen molar-refractivity contribution in [3.05, 3.63) is 29.7 Å². The minimum Gasteiger partial charge on any atom is -0.502 e. The van der Waals surface area contributed by atoms with Crippen LogP contribution in [0.4, 0.5) is 21.8 Å². The van der Waals surface area contributed by atoms with Gasteiger partial charge in [-0.25, -0.2) is 9.37 Å². The maximum atomic E-state index is 14.1. The molecule has 27 heavy (non-hydrogen) atoms. The van der Waals surface area contributed by atoms with E-state index in [1.165, 1.54) is 18.9 Å². The number of hydrogen-bond acceptors (Lipinski definition) is 7. The van der Waals surface area contributed by atoms with Crippen molar-refractivity contribution < 1.29 is 14.2 Å². The first-order valence-electron chi connectivity index (χ1n) is 9.23. The second kappa shape index (κ2) is 8.85. The van der Waals surface area contributed by atoms with Crippen molar-refractivity contribution >= 4 is 17.5 Å². The number of benzene rings is 1. The molecule has 0 bridgehead atoms. The highest BCUT2D eigenvalue weighted by atomic mass is 19.1. The lowest BCUT2D eigenvalue weighted by Crippen LogP contribution is -2.21. The van der Waals surface area contributed by atoms with Crippen LogP contribution in [0.25, 0.3) is 0 Å². The number of phenols is 1. The minimum atomic E-state index is -0.754. The maximum Gasteiger partial charge on any atom is 0.229 e. The van der Waals surface area contributed by atoms with Crippen LogP contribution in [-0.2, 0) is 0 Å². The monoisotopic (exact) mass is 375 g/mol. The molecule has 0 radical (unpaired) electrons. The average molecular weight is 375 g/mol. The minimum absolute atomic E-state index is 0.111. The van der Waals surface area contributed by atoms with E-state index in [-0.39, 0.29) is 5.75 Å². The van der Waals surface area contributed by atoms with E-state index in [2.05, 4.69) is 25.5 Å². The fourth-order valence-corrected chi connectivity index (χ4v) is 3.11. The van der Waals surface area contributed by atoms with Crippen molar-refractivity contribution in [1.82, 2.24) is 14.9 Å². The van der Waals surface area contributed by atoms with Crippen molar-refractivity contribution in [2.45, 2.75) is 26.2 Å². The highest BCUT2D eigenvalue weighted by Crippen LogP contribution is 2.33.